The summed E-state index contributed by atoms with van der Waals surface area (Å²) < 4.78 is 5.64. The quantitative estimate of drug-likeness (QED) is 0.840. The van der Waals surface area contributed by atoms with Crippen LogP contribution in [0.1, 0.15) is 20.1 Å². The second-order valence-corrected chi connectivity index (χ2v) is 5.09. The fraction of sp³-hybridized carbons (Fsp3) is 0.133. The molecule has 0 saturated carbocycles. The van der Waals surface area contributed by atoms with Crippen LogP contribution >= 0.6 is 11.3 Å². The summed E-state index contributed by atoms with van der Waals surface area (Å²) >= 11 is 1.54. The fourth-order valence-electron chi connectivity index (χ4n) is 1.61. The first-order chi connectivity index (χ1) is 9.70. The van der Waals surface area contributed by atoms with Gasteiger partial charge in [0, 0.05) is 4.88 Å². The molecule has 102 valence electrons. The summed E-state index contributed by atoms with van der Waals surface area (Å²) in [7, 11) is 0. The molecule has 0 atom stereocenters. The maximum absolute atomic E-state index is 11.3. The topological polar surface area (TPSA) is 78.3 Å². The molecular weight excluding hydrogens is 272 g/mol. The van der Waals surface area contributed by atoms with Crippen molar-refractivity contribution in [2.75, 3.05) is 6.54 Å². The lowest BCUT2D eigenvalue weighted by Gasteiger charge is -2.07. The van der Waals surface area contributed by atoms with Gasteiger partial charge in [-0.05, 0) is 24.3 Å². The van der Waals surface area contributed by atoms with Crippen LogP contribution in [0.4, 0.5) is 0 Å². The van der Waals surface area contributed by atoms with Crippen LogP contribution in [-0.4, -0.2) is 12.5 Å². The van der Waals surface area contributed by atoms with E-state index in [-0.39, 0.29) is 0 Å². The summed E-state index contributed by atoms with van der Waals surface area (Å²) in [6.07, 6.45) is 0. The summed E-state index contributed by atoms with van der Waals surface area (Å²) in [5, 5.41) is 0. The van der Waals surface area contributed by atoms with Gasteiger partial charge in [0.25, 0.3) is 5.91 Å². The van der Waals surface area contributed by atoms with Crippen LogP contribution < -0.4 is 16.2 Å². The van der Waals surface area contributed by atoms with Gasteiger partial charge in [-0.1, -0.05) is 24.0 Å². The van der Waals surface area contributed by atoms with Crippen LogP contribution in [0, 0.1) is 11.8 Å². The predicted molar refractivity (Wildman–Crippen MR) is 79.5 cm³/mol. The number of para-hydroxylation sites is 1. The lowest BCUT2D eigenvalue weighted by atomic mass is 10.2. The van der Waals surface area contributed by atoms with E-state index in [4.69, 9.17) is 16.2 Å². The highest BCUT2D eigenvalue weighted by Crippen LogP contribution is 2.21. The molecule has 0 aliphatic heterocycles. The van der Waals surface area contributed by atoms with Gasteiger partial charge in [-0.3, -0.25) is 4.79 Å². The molecule has 1 heterocycles. The minimum absolute atomic E-state index is 0.343. The third kappa shape index (κ3) is 3.60. The van der Waals surface area contributed by atoms with E-state index >= 15 is 0 Å². The molecule has 0 saturated heterocycles. The van der Waals surface area contributed by atoms with Crippen LogP contribution in [0.5, 0.6) is 5.75 Å². The summed E-state index contributed by atoms with van der Waals surface area (Å²) in [4.78, 5) is 13.2. The van der Waals surface area contributed by atoms with Crippen LogP contribution in [0.25, 0.3) is 0 Å². The van der Waals surface area contributed by atoms with Gasteiger partial charge in [-0.25, -0.2) is 0 Å². The largest absolute Gasteiger partial charge is 0.487 e. The molecule has 4 N–H and O–H groups in total. The Morgan fingerprint density at radius 1 is 1.25 bits per heavy atom. The van der Waals surface area contributed by atoms with E-state index in [1.54, 1.807) is 24.3 Å². The monoisotopic (exact) mass is 286 g/mol. The summed E-state index contributed by atoms with van der Waals surface area (Å²) in [6.45, 7) is 0.717. The van der Waals surface area contributed by atoms with Gasteiger partial charge in [0.1, 0.15) is 12.4 Å². The van der Waals surface area contributed by atoms with Crippen molar-refractivity contribution in [2.45, 2.75) is 6.61 Å². The Hall–Kier alpha value is -2.29. The van der Waals surface area contributed by atoms with Crippen LogP contribution in [0.2, 0.25) is 0 Å². The highest BCUT2D eigenvalue weighted by atomic mass is 32.1. The number of primary amides is 1. The minimum Gasteiger partial charge on any atom is -0.487 e. The molecule has 4 nitrogen and oxygen atoms in total. The molecule has 1 aromatic carbocycles. The number of hydrogen-bond donors (Lipinski definition) is 2. The van der Waals surface area contributed by atoms with Crippen molar-refractivity contribution < 1.29 is 9.53 Å². The van der Waals surface area contributed by atoms with Crippen molar-refractivity contribution in [2.24, 2.45) is 11.5 Å². The number of benzene rings is 1. The van der Waals surface area contributed by atoms with Crippen molar-refractivity contribution in [1.82, 2.24) is 0 Å². The van der Waals surface area contributed by atoms with E-state index in [1.807, 2.05) is 12.1 Å². The lowest BCUT2D eigenvalue weighted by molar-refractivity contribution is 0.0996. The van der Waals surface area contributed by atoms with Gasteiger partial charge in [-0.15, -0.1) is 11.3 Å². The fourth-order valence-corrected chi connectivity index (χ4v) is 2.40. The predicted octanol–water partition coefficient (Wildman–Crippen LogP) is 1.74. The first-order valence-electron chi connectivity index (χ1n) is 6.00. The number of carbonyl (C=O) groups is 1. The standard InChI is InChI=1S/C15H14N2O2S/c16-9-3-4-11-7-8-12(20-11)10-19-14-6-2-1-5-13(14)15(17)18/h1-2,5-8H,9-10,16H2,(H2,17,18). The molecule has 2 aromatic rings. The molecule has 0 fully saturated rings. The van der Waals surface area contributed by atoms with Crippen molar-refractivity contribution in [3.63, 3.8) is 0 Å². The number of nitrogens with two attached hydrogens (primary N) is 2. The smallest absolute Gasteiger partial charge is 0.252 e. The van der Waals surface area contributed by atoms with E-state index in [9.17, 15) is 4.79 Å². The van der Waals surface area contributed by atoms with Gasteiger partial charge in [0.15, 0.2) is 0 Å². The molecule has 0 unspecified atom stereocenters. The highest BCUT2D eigenvalue weighted by molar-refractivity contribution is 7.12. The minimum atomic E-state index is -0.499. The molecule has 1 amide bonds. The van der Waals surface area contributed by atoms with Gasteiger partial charge in [-0.2, -0.15) is 0 Å². The Labute approximate surface area is 121 Å². The summed E-state index contributed by atoms with van der Waals surface area (Å²) in [5.41, 5.74) is 11.0. The molecule has 0 aliphatic rings. The number of carbonyl (C=O) groups excluding carboxylic acids is 1. The SMILES string of the molecule is NCC#Cc1ccc(COc2ccccc2C(N)=O)s1. The number of hydrogen-bond acceptors (Lipinski definition) is 4. The summed E-state index contributed by atoms with van der Waals surface area (Å²) in [6, 6.07) is 10.8. The van der Waals surface area contributed by atoms with E-state index in [0.29, 0.717) is 24.5 Å². The van der Waals surface area contributed by atoms with Crippen molar-refractivity contribution in [1.29, 1.82) is 0 Å². The Morgan fingerprint density at radius 2 is 2.05 bits per heavy atom. The Kier molecular flexibility index (Phi) is 4.77. The van der Waals surface area contributed by atoms with Crippen LogP contribution in [0.15, 0.2) is 36.4 Å². The van der Waals surface area contributed by atoms with Crippen molar-refractivity contribution in [3.8, 4) is 17.6 Å². The van der Waals surface area contributed by atoms with Gasteiger partial charge >= 0.3 is 0 Å². The van der Waals surface area contributed by atoms with Crippen molar-refractivity contribution >= 4 is 17.2 Å². The highest BCUT2D eigenvalue weighted by Gasteiger charge is 2.08. The molecule has 1 aromatic heterocycles. The molecule has 5 heteroatoms. The maximum atomic E-state index is 11.3. The second kappa shape index (κ2) is 6.75. The third-order valence-electron chi connectivity index (χ3n) is 2.50. The normalized spacial score (nSPS) is 9.65. The van der Waals surface area contributed by atoms with Crippen LogP contribution in [0.3, 0.4) is 0 Å². The molecule has 0 bridgehead atoms. The zero-order valence-corrected chi connectivity index (χ0v) is 11.6. The maximum Gasteiger partial charge on any atom is 0.252 e. The molecule has 0 aliphatic carbocycles. The first kappa shape index (κ1) is 14.1. The Morgan fingerprint density at radius 3 is 2.80 bits per heavy atom. The first-order valence-corrected chi connectivity index (χ1v) is 6.81. The molecule has 0 radical (unpaired) electrons. The van der Waals surface area contributed by atoms with E-state index < -0.39 is 5.91 Å². The second-order valence-electron chi connectivity index (χ2n) is 3.92. The zero-order chi connectivity index (χ0) is 14.4. The molecule has 0 spiro atoms. The zero-order valence-electron chi connectivity index (χ0n) is 10.8. The lowest BCUT2D eigenvalue weighted by Crippen LogP contribution is -2.12. The Bertz CT molecular complexity index is 668. The molecule has 20 heavy (non-hydrogen) atoms. The van der Waals surface area contributed by atoms with Gasteiger partial charge < -0.3 is 16.2 Å². The Balaban J connectivity index is 2.05. The average molecular weight is 286 g/mol. The molecule has 2 rings (SSSR count). The number of thiophene rings is 1. The van der Waals surface area contributed by atoms with Gasteiger partial charge in [0.05, 0.1) is 17.0 Å². The van der Waals surface area contributed by atoms with E-state index in [1.165, 1.54) is 11.3 Å². The van der Waals surface area contributed by atoms with Gasteiger partial charge in [0.2, 0.25) is 0 Å². The molecular formula is C15H14N2O2S. The number of ether oxygens (including phenoxy) is 1. The van der Waals surface area contributed by atoms with Crippen LogP contribution in [-0.2, 0) is 6.61 Å². The number of rotatable bonds is 4. The third-order valence-corrected chi connectivity index (χ3v) is 3.47. The van der Waals surface area contributed by atoms with Crippen molar-refractivity contribution in [3.05, 3.63) is 51.7 Å². The van der Waals surface area contributed by atoms with E-state index in [0.717, 1.165) is 9.75 Å². The summed E-state index contributed by atoms with van der Waals surface area (Å²) in [5.74, 6) is 5.76. The average Bonchev–Trinajstić information content (AvgIpc) is 2.91. The van der Waals surface area contributed by atoms with E-state index in [2.05, 4.69) is 11.8 Å². The number of amides is 1.